The quantitative estimate of drug-likeness (QED) is 0.864. The Morgan fingerprint density at radius 1 is 1.35 bits per heavy atom. The molecular formula is C14H13ClFNOS2. The van der Waals surface area contributed by atoms with Crippen molar-refractivity contribution in [2.24, 2.45) is 0 Å². The fraction of sp³-hybridized carbons (Fsp3) is 0.214. The highest BCUT2D eigenvalue weighted by Gasteiger charge is 2.08. The molecule has 0 bridgehead atoms. The van der Waals surface area contributed by atoms with Gasteiger partial charge in [-0.1, -0.05) is 23.7 Å². The molecule has 0 aliphatic rings. The lowest BCUT2D eigenvalue weighted by Crippen LogP contribution is -2.24. The van der Waals surface area contributed by atoms with Crippen LogP contribution in [0.5, 0.6) is 0 Å². The maximum atomic E-state index is 13.5. The fourth-order valence-corrected chi connectivity index (χ4v) is 3.41. The topological polar surface area (TPSA) is 29.1 Å². The van der Waals surface area contributed by atoms with Crippen molar-refractivity contribution >= 4 is 40.6 Å². The monoisotopic (exact) mass is 329 g/mol. The smallest absolute Gasteiger partial charge is 0.230 e. The van der Waals surface area contributed by atoms with Crippen LogP contribution in [0.15, 0.2) is 35.7 Å². The van der Waals surface area contributed by atoms with Crippen molar-refractivity contribution in [3.8, 4) is 0 Å². The number of carbonyl (C=O) groups excluding carboxylic acids is 1. The maximum Gasteiger partial charge on any atom is 0.230 e. The van der Waals surface area contributed by atoms with Crippen molar-refractivity contribution in [2.75, 3.05) is 5.75 Å². The van der Waals surface area contributed by atoms with E-state index in [0.29, 0.717) is 22.9 Å². The number of nitrogens with one attached hydrogen (secondary N) is 1. The van der Waals surface area contributed by atoms with Crippen LogP contribution in [0.2, 0.25) is 5.02 Å². The third-order valence-corrected chi connectivity index (χ3v) is 4.77. The Morgan fingerprint density at radius 3 is 2.90 bits per heavy atom. The highest BCUT2D eigenvalue weighted by molar-refractivity contribution is 7.99. The van der Waals surface area contributed by atoms with Crippen LogP contribution >= 0.6 is 34.7 Å². The highest BCUT2D eigenvalue weighted by Crippen LogP contribution is 2.23. The highest BCUT2D eigenvalue weighted by atomic mass is 35.5. The van der Waals surface area contributed by atoms with Crippen molar-refractivity contribution in [2.45, 2.75) is 12.3 Å². The molecule has 0 atom stereocenters. The average molecular weight is 330 g/mol. The number of amides is 1. The Hall–Kier alpha value is -1.04. The summed E-state index contributed by atoms with van der Waals surface area (Å²) in [6, 6.07) is 8.51. The summed E-state index contributed by atoms with van der Waals surface area (Å²) < 4.78 is 13.5. The lowest BCUT2D eigenvalue weighted by molar-refractivity contribution is -0.118. The number of thiophene rings is 1. The molecule has 2 nitrogen and oxygen atoms in total. The van der Waals surface area contributed by atoms with Gasteiger partial charge < -0.3 is 5.32 Å². The average Bonchev–Trinajstić information content (AvgIpc) is 2.93. The SMILES string of the molecule is O=C(CSCc1c(F)cccc1Cl)NCc1cccs1. The second-order valence-electron chi connectivity index (χ2n) is 4.05. The minimum atomic E-state index is -0.330. The van der Waals surface area contributed by atoms with Crippen LogP contribution in [0, 0.1) is 5.82 Å². The number of hydrogen-bond acceptors (Lipinski definition) is 3. The number of halogens is 2. The van der Waals surface area contributed by atoms with Gasteiger partial charge in [0.05, 0.1) is 12.3 Å². The molecule has 1 aromatic carbocycles. The maximum absolute atomic E-state index is 13.5. The van der Waals surface area contributed by atoms with E-state index in [-0.39, 0.29) is 17.5 Å². The predicted molar refractivity (Wildman–Crippen MR) is 83.7 cm³/mol. The molecule has 0 aliphatic heterocycles. The van der Waals surface area contributed by atoms with Crippen molar-refractivity contribution in [3.05, 3.63) is 57.0 Å². The van der Waals surface area contributed by atoms with Gasteiger partial charge in [0.25, 0.3) is 0 Å². The Kier molecular flexibility index (Phi) is 5.88. The summed E-state index contributed by atoms with van der Waals surface area (Å²) >= 11 is 8.87. The third kappa shape index (κ3) is 4.51. The molecule has 0 fully saturated rings. The third-order valence-electron chi connectivity index (χ3n) is 2.58. The van der Waals surface area contributed by atoms with Crippen LogP contribution in [0.3, 0.4) is 0 Å². The fourth-order valence-electron chi connectivity index (χ4n) is 1.57. The van der Waals surface area contributed by atoms with Gasteiger partial charge in [-0.2, -0.15) is 0 Å². The molecule has 106 valence electrons. The normalized spacial score (nSPS) is 10.5. The summed E-state index contributed by atoms with van der Waals surface area (Å²) in [7, 11) is 0. The molecule has 1 aromatic heterocycles. The van der Waals surface area contributed by atoms with Gasteiger partial charge in [0.2, 0.25) is 5.91 Å². The van der Waals surface area contributed by atoms with Gasteiger partial charge in [-0.05, 0) is 23.6 Å². The molecule has 0 spiro atoms. The van der Waals surface area contributed by atoms with Gasteiger partial charge in [-0.15, -0.1) is 23.1 Å². The predicted octanol–water partition coefficient (Wildman–Crippen LogP) is 4.09. The van der Waals surface area contributed by atoms with Gasteiger partial charge >= 0.3 is 0 Å². The minimum absolute atomic E-state index is 0.0594. The number of benzene rings is 1. The molecule has 2 rings (SSSR count). The molecule has 0 saturated heterocycles. The second kappa shape index (κ2) is 7.67. The van der Waals surface area contributed by atoms with Gasteiger partial charge in [0.15, 0.2) is 0 Å². The Morgan fingerprint density at radius 2 is 2.20 bits per heavy atom. The van der Waals surface area contributed by atoms with Crippen LogP contribution in [0.1, 0.15) is 10.4 Å². The summed E-state index contributed by atoms with van der Waals surface area (Å²) in [5.74, 6) is 0.286. The molecule has 0 radical (unpaired) electrons. The molecule has 0 aliphatic carbocycles. The van der Waals surface area contributed by atoms with Crippen LogP contribution < -0.4 is 5.32 Å². The zero-order valence-corrected chi connectivity index (χ0v) is 13.0. The van der Waals surface area contributed by atoms with E-state index in [4.69, 9.17) is 11.6 Å². The number of hydrogen-bond donors (Lipinski definition) is 1. The van der Waals surface area contributed by atoms with E-state index in [1.807, 2.05) is 17.5 Å². The molecule has 20 heavy (non-hydrogen) atoms. The summed E-state index contributed by atoms with van der Waals surface area (Å²) in [4.78, 5) is 12.8. The molecule has 1 amide bonds. The van der Waals surface area contributed by atoms with Crippen LogP contribution in [-0.2, 0) is 17.1 Å². The molecule has 6 heteroatoms. The van der Waals surface area contributed by atoms with E-state index < -0.39 is 0 Å². The second-order valence-corrected chi connectivity index (χ2v) is 6.47. The van der Waals surface area contributed by atoms with Crippen molar-refractivity contribution in [3.63, 3.8) is 0 Å². The van der Waals surface area contributed by atoms with E-state index >= 15 is 0 Å². The lowest BCUT2D eigenvalue weighted by Gasteiger charge is -2.06. The summed E-state index contributed by atoms with van der Waals surface area (Å²) in [6.45, 7) is 0.539. The first-order chi connectivity index (χ1) is 9.66. The zero-order valence-electron chi connectivity index (χ0n) is 10.6. The van der Waals surface area contributed by atoms with Crippen molar-refractivity contribution in [1.29, 1.82) is 0 Å². The first kappa shape index (κ1) is 15.4. The Bertz CT molecular complexity index is 554. The van der Waals surface area contributed by atoms with Crippen molar-refractivity contribution < 1.29 is 9.18 Å². The van der Waals surface area contributed by atoms with Crippen LogP contribution in [0.4, 0.5) is 4.39 Å². The summed E-state index contributed by atoms with van der Waals surface area (Å²) in [5, 5.41) is 5.19. The van der Waals surface area contributed by atoms with Gasteiger partial charge in [0, 0.05) is 21.2 Å². The first-order valence-electron chi connectivity index (χ1n) is 5.96. The van der Waals surface area contributed by atoms with E-state index in [1.165, 1.54) is 17.8 Å². The summed E-state index contributed by atoms with van der Waals surface area (Å²) in [6.07, 6.45) is 0. The molecule has 1 N–H and O–H groups in total. The van der Waals surface area contributed by atoms with E-state index in [2.05, 4.69) is 5.32 Å². The standard InChI is InChI=1S/C14H13ClFNOS2/c15-12-4-1-5-13(16)11(12)8-19-9-14(18)17-7-10-3-2-6-20-10/h1-6H,7-9H2,(H,17,18). The molecule has 0 saturated carbocycles. The molecule has 0 unspecified atom stereocenters. The number of carbonyl (C=O) groups is 1. The van der Waals surface area contributed by atoms with Crippen molar-refractivity contribution in [1.82, 2.24) is 5.32 Å². The summed E-state index contributed by atoms with van der Waals surface area (Å²) in [5.41, 5.74) is 0.449. The Balaban J connectivity index is 1.74. The van der Waals surface area contributed by atoms with E-state index in [9.17, 15) is 9.18 Å². The Labute approximate surface area is 130 Å². The minimum Gasteiger partial charge on any atom is -0.350 e. The largest absolute Gasteiger partial charge is 0.350 e. The van der Waals surface area contributed by atoms with Crippen LogP contribution in [0.25, 0.3) is 0 Å². The number of rotatable bonds is 6. The van der Waals surface area contributed by atoms with Gasteiger partial charge in [0.1, 0.15) is 5.82 Å². The number of thioether (sulfide) groups is 1. The van der Waals surface area contributed by atoms with Gasteiger partial charge in [-0.25, -0.2) is 4.39 Å². The molecule has 2 aromatic rings. The zero-order chi connectivity index (χ0) is 14.4. The van der Waals surface area contributed by atoms with E-state index in [0.717, 1.165) is 4.88 Å². The van der Waals surface area contributed by atoms with E-state index in [1.54, 1.807) is 23.5 Å². The lowest BCUT2D eigenvalue weighted by atomic mass is 10.2. The first-order valence-corrected chi connectivity index (χ1v) is 8.38. The molecular weight excluding hydrogens is 317 g/mol. The van der Waals surface area contributed by atoms with Gasteiger partial charge in [-0.3, -0.25) is 4.79 Å². The van der Waals surface area contributed by atoms with Crippen LogP contribution in [-0.4, -0.2) is 11.7 Å². The molecule has 1 heterocycles.